The number of ether oxygens (including phenoxy) is 1. The van der Waals surface area contributed by atoms with Crippen LogP contribution >= 0.6 is 0 Å². The molecule has 106 valence electrons. The van der Waals surface area contributed by atoms with Gasteiger partial charge in [-0.05, 0) is 36.6 Å². The summed E-state index contributed by atoms with van der Waals surface area (Å²) in [6, 6.07) is 18.1. The van der Waals surface area contributed by atoms with E-state index >= 15 is 0 Å². The standard InChI is InChI=1S/C18H18N2O/c1-21-17-8-4-6-14-10-12-15(20-18(14)17)11-9-13-5-2-3-7-16(13)19/h2-8,10,12H,9,11,19H2,1H3. The number of hydrogen-bond acceptors (Lipinski definition) is 3. The Morgan fingerprint density at radius 1 is 0.952 bits per heavy atom. The monoisotopic (exact) mass is 278 g/mol. The third kappa shape index (κ3) is 2.82. The molecule has 0 saturated heterocycles. The molecule has 0 atom stereocenters. The van der Waals surface area contributed by atoms with Crippen LogP contribution < -0.4 is 10.5 Å². The van der Waals surface area contributed by atoms with E-state index in [1.54, 1.807) is 7.11 Å². The predicted molar refractivity (Wildman–Crippen MR) is 86.6 cm³/mol. The van der Waals surface area contributed by atoms with Crippen molar-refractivity contribution >= 4 is 16.6 Å². The van der Waals surface area contributed by atoms with E-state index in [0.717, 1.165) is 40.9 Å². The van der Waals surface area contributed by atoms with Gasteiger partial charge in [-0.15, -0.1) is 0 Å². The molecule has 3 rings (SSSR count). The number of aromatic nitrogens is 1. The Bertz CT molecular complexity index is 768. The molecular formula is C18H18N2O. The maximum absolute atomic E-state index is 5.98. The summed E-state index contributed by atoms with van der Waals surface area (Å²) < 4.78 is 5.38. The van der Waals surface area contributed by atoms with Crippen LogP contribution in [-0.2, 0) is 12.8 Å². The molecule has 0 bridgehead atoms. The molecule has 0 fully saturated rings. The summed E-state index contributed by atoms with van der Waals surface area (Å²) in [5.41, 5.74) is 9.96. The van der Waals surface area contributed by atoms with Crippen LogP contribution in [0.4, 0.5) is 5.69 Å². The molecule has 3 nitrogen and oxygen atoms in total. The van der Waals surface area contributed by atoms with Gasteiger partial charge in [0.1, 0.15) is 11.3 Å². The minimum atomic E-state index is 0.813. The van der Waals surface area contributed by atoms with Crippen molar-refractivity contribution in [2.24, 2.45) is 0 Å². The van der Waals surface area contributed by atoms with E-state index in [2.05, 4.69) is 18.2 Å². The van der Waals surface area contributed by atoms with Crippen molar-refractivity contribution in [3.63, 3.8) is 0 Å². The Balaban J connectivity index is 1.86. The topological polar surface area (TPSA) is 48.1 Å². The molecule has 0 unspecified atom stereocenters. The first kappa shape index (κ1) is 13.4. The van der Waals surface area contributed by atoms with Gasteiger partial charge in [0.15, 0.2) is 0 Å². The van der Waals surface area contributed by atoms with Gasteiger partial charge in [-0.1, -0.05) is 36.4 Å². The average molecular weight is 278 g/mol. The minimum absolute atomic E-state index is 0.813. The number of aryl methyl sites for hydroxylation is 2. The zero-order valence-electron chi connectivity index (χ0n) is 12.0. The van der Waals surface area contributed by atoms with E-state index in [1.807, 2.05) is 36.4 Å². The Morgan fingerprint density at radius 3 is 2.62 bits per heavy atom. The Labute approximate surface area is 124 Å². The number of rotatable bonds is 4. The largest absolute Gasteiger partial charge is 0.494 e. The van der Waals surface area contributed by atoms with E-state index in [4.69, 9.17) is 15.5 Å². The first-order valence-electron chi connectivity index (χ1n) is 7.04. The van der Waals surface area contributed by atoms with Crippen LogP contribution in [0.5, 0.6) is 5.75 Å². The van der Waals surface area contributed by atoms with Crippen LogP contribution in [0.2, 0.25) is 0 Å². The molecule has 1 aromatic heterocycles. The van der Waals surface area contributed by atoms with E-state index in [1.165, 1.54) is 5.56 Å². The molecule has 0 aliphatic heterocycles. The lowest BCUT2D eigenvalue weighted by molar-refractivity contribution is 0.419. The average Bonchev–Trinajstić information content (AvgIpc) is 2.53. The van der Waals surface area contributed by atoms with Crippen LogP contribution in [0.3, 0.4) is 0 Å². The highest BCUT2D eigenvalue weighted by Gasteiger charge is 2.05. The molecule has 0 spiro atoms. The number of benzene rings is 2. The van der Waals surface area contributed by atoms with Gasteiger partial charge in [0, 0.05) is 16.8 Å². The molecule has 21 heavy (non-hydrogen) atoms. The summed E-state index contributed by atoms with van der Waals surface area (Å²) >= 11 is 0. The second-order valence-electron chi connectivity index (χ2n) is 5.03. The zero-order chi connectivity index (χ0) is 14.7. The fourth-order valence-corrected chi connectivity index (χ4v) is 2.49. The smallest absolute Gasteiger partial charge is 0.145 e. The first-order valence-corrected chi connectivity index (χ1v) is 7.04. The maximum atomic E-state index is 5.98. The van der Waals surface area contributed by atoms with Gasteiger partial charge in [0.05, 0.1) is 7.11 Å². The lowest BCUT2D eigenvalue weighted by Crippen LogP contribution is -1.99. The van der Waals surface area contributed by atoms with Crippen LogP contribution in [-0.4, -0.2) is 12.1 Å². The molecule has 0 saturated carbocycles. The summed E-state index contributed by atoms with van der Waals surface area (Å²) in [6.45, 7) is 0. The first-order chi connectivity index (χ1) is 10.3. The number of pyridine rings is 1. The van der Waals surface area contributed by atoms with Crippen molar-refractivity contribution in [3.05, 3.63) is 65.9 Å². The molecule has 3 aromatic rings. The maximum Gasteiger partial charge on any atom is 0.145 e. The molecule has 0 amide bonds. The van der Waals surface area contributed by atoms with Gasteiger partial charge >= 0.3 is 0 Å². The predicted octanol–water partition coefficient (Wildman–Crippen LogP) is 3.61. The molecule has 3 heteroatoms. The highest BCUT2D eigenvalue weighted by atomic mass is 16.5. The van der Waals surface area contributed by atoms with Gasteiger partial charge in [-0.3, -0.25) is 0 Å². The Kier molecular flexibility index (Phi) is 3.73. The second-order valence-corrected chi connectivity index (χ2v) is 5.03. The number of anilines is 1. The minimum Gasteiger partial charge on any atom is -0.494 e. The van der Waals surface area contributed by atoms with Gasteiger partial charge in [0.25, 0.3) is 0 Å². The molecule has 0 aliphatic carbocycles. The number of para-hydroxylation sites is 2. The van der Waals surface area contributed by atoms with Crippen molar-refractivity contribution in [1.29, 1.82) is 0 Å². The number of nitrogen functional groups attached to an aromatic ring is 1. The van der Waals surface area contributed by atoms with Gasteiger partial charge < -0.3 is 10.5 Å². The van der Waals surface area contributed by atoms with Crippen molar-refractivity contribution in [2.45, 2.75) is 12.8 Å². The molecule has 0 radical (unpaired) electrons. The highest BCUT2D eigenvalue weighted by Crippen LogP contribution is 2.24. The van der Waals surface area contributed by atoms with Crippen molar-refractivity contribution in [3.8, 4) is 5.75 Å². The third-order valence-corrected chi connectivity index (χ3v) is 3.67. The molecule has 1 heterocycles. The van der Waals surface area contributed by atoms with Crippen LogP contribution in [0.15, 0.2) is 54.6 Å². The molecule has 0 aliphatic rings. The third-order valence-electron chi connectivity index (χ3n) is 3.67. The van der Waals surface area contributed by atoms with Crippen molar-refractivity contribution in [2.75, 3.05) is 12.8 Å². The summed E-state index contributed by atoms with van der Waals surface area (Å²) in [5.74, 6) is 0.813. The van der Waals surface area contributed by atoms with Gasteiger partial charge in [0.2, 0.25) is 0 Å². The Hall–Kier alpha value is -2.55. The highest BCUT2D eigenvalue weighted by molar-refractivity contribution is 5.84. The Morgan fingerprint density at radius 2 is 1.81 bits per heavy atom. The van der Waals surface area contributed by atoms with Crippen LogP contribution in [0.25, 0.3) is 10.9 Å². The van der Waals surface area contributed by atoms with Crippen LogP contribution in [0.1, 0.15) is 11.3 Å². The lowest BCUT2D eigenvalue weighted by atomic mass is 10.1. The number of hydrogen-bond donors (Lipinski definition) is 1. The van der Waals surface area contributed by atoms with Gasteiger partial charge in [-0.2, -0.15) is 0 Å². The van der Waals surface area contributed by atoms with E-state index < -0.39 is 0 Å². The molecular weight excluding hydrogens is 260 g/mol. The van der Waals surface area contributed by atoms with E-state index in [-0.39, 0.29) is 0 Å². The van der Waals surface area contributed by atoms with Crippen LogP contribution in [0, 0.1) is 0 Å². The zero-order valence-corrected chi connectivity index (χ0v) is 12.0. The lowest BCUT2D eigenvalue weighted by Gasteiger charge is -2.08. The second kappa shape index (κ2) is 5.83. The van der Waals surface area contributed by atoms with Crippen molar-refractivity contribution < 1.29 is 4.74 Å². The fourth-order valence-electron chi connectivity index (χ4n) is 2.49. The number of fused-ring (bicyclic) bond motifs is 1. The summed E-state index contributed by atoms with van der Waals surface area (Å²) in [6.07, 6.45) is 1.75. The van der Waals surface area contributed by atoms with E-state index in [0.29, 0.717) is 0 Å². The number of methoxy groups -OCH3 is 1. The van der Waals surface area contributed by atoms with Crippen molar-refractivity contribution in [1.82, 2.24) is 4.98 Å². The van der Waals surface area contributed by atoms with E-state index in [9.17, 15) is 0 Å². The van der Waals surface area contributed by atoms with Gasteiger partial charge in [-0.25, -0.2) is 4.98 Å². The summed E-state index contributed by atoms with van der Waals surface area (Å²) in [5, 5.41) is 1.09. The SMILES string of the molecule is COc1cccc2ccc(CCc3ccccc3N)nc12. The summed E-state index contributed by atoms with van der Waals surface area (Å²) in [4.78, 5) is 4.72. The normalized spacial score (nSPS) is 10.7. The number of nitrogens with zero attached hydrogens (tertiary/aromatic N) is 1. The quantitative estimate of drug-likeness (QED) is 0.742. The molecule has 2 N–H and O–H groups in total. The number of nitrogens with two attached hydrogens (primary N) is 1. The molecule has 2 aromatic carbocycles. The fraction of sp³-hybridized carbons (Fsp3) is 0.167. The summed E-state index contributed by atoms with van der Waals surface area (Å²) in [7, 11) is 1.67.